The smallest absolute Gasteiger partial charge is 0.0471 e. The van der Waals surface area contributed by atoms with Crippen molar-refractivity contribution in [1.29, 1.82) is 0 Å². The van der Waals surface area contributed by atoms with Gasteiger partial charge in [0.2, 0.25) is 0 Å². The van der Waals surface area contributed by atoms with Gasteiger partial charge in [0, 0.05) is 13.2 Å². The fourth-order valence-corrected chi connectivity index (χ4v) is 1.38. The maximum Gasteiger partial charge on any atom is 0.0471 e. The SMILES string of the molecule is OCC/C=C(/CCO)c1ccccc1. The maximum atomic E-state index is 8.89. The molecule has 2 heteroatoms. The summed E-state index contributed by atoms with van der Waals surface area (Å²) in [5, 5.41) is 17.6. The van der Waals surface area contributed by atoms with E-state index in [0.29, 0.717) is 12.8 Å². The van der Waals surface area contributed by atoms with Crippen LogP contribution in [0.4, 0.5) is 0 Å². The molecule has 14 heavy (non-hydrogen) atoms. The van der Waals surface area contributed by atoms with Crippen molar-refractivity contribution in [3.05, 3.63) is 42.0 Å². The summed E-state index contributed by atoms with van der Waals surface area (Å²) < 4.78 is 0. The summed E-state index contributed by atoms with van der Waals surface area (Å²) in [6, 6.07) is 9.93. The Morgan fingerprint density at radius 3 is 2.36 bits per heavy atom. The van der Waals surface area contributed by atoms with Crippen LogP contribution in [-0.2, 0) is 0 Å². The molecule has 0 bridgehead atoms. The van der Waals surface area contributed by atoms with Gasteiger partial charge in [0.25, 0.3) is 0 Å². The highest BCUT2D eigenvalue weighted by atomic mass is 16.3. The van der Waals surface area contributed by atoms with E-state index in [0.717, 1.165) is 11.1 Å². The van der Waals surface area contributed by atoms with Crippen molar-refractivity contribution in [3.63, 3.8) is 0 Å². The Kier molecular flexibility index (Phi) is 4.97. The summed E-state index contributed by atoms with van der Waals surface area (Å²) in [5.41, 5.74) is 2.22. The molecule has 0 unspecified atom stereocenters. The lowest BCUT2D eigenvalue weighted by molar-refractivity contribution is 0.300. The van der Waals surface area contributed by atoms with Gasteiger partial charge in [-0.3, -0.25) is 0 Å². The van der Waals surface area contributed by atoms with Crippen LogP contribution in [0.25, 0.3) is 5.57 Å². The molecule has 1 aromatic carbocycles. The number of benzene rings is 1. The van der Waals surface area contributed by atoms with Crippen LogP contribution in [-0.4, -0.2) is 23.4 Å². The van der Waals surface area contributed by atoms with Gasteiger partial charge in [-0.25, -0.2) is 0 Å². The Labute approximate surface area is 84.5 Å². The Balaban J connectivity index is 2.77. The van der Waals surface area contributed by atoms with E-state index in [-0.39, 0.29) is 13.2 Å². The fourth-order valence-electron chi connectivity index (χ4n) is 1.38. The first kappa shape index (κ1) is 11.0. The average Bonchev–Trinajstić information content (AvgIpc) is 2.25. The maximum absolute atomic E-state index is 8.89. The largest absolute Gasteiger partial charge is 0.396 e. The van der Waals surface area contributed by atoms with Crippen LogP contribution in [0.15, 0.2) is 36.4 Å². The fraction of sp³-hybridized carbons (Fsp3) is 0.333. The minimum absolute atomic E-state index is 0.145. The van der Waals surface area contributed by atoms with E-state index in [4.69, 9.17) is 10.2 Å². The molecule has 0 atom stereocenters. The van der Waals surface area contributed by atoms with E-state index in [1.807, 2.05) is 36.4 Å². The molecule has 2 N–H and O–H groups in total. The van der Waals surface area contributed by atoms with E-state index in [1.54, 1.807) is 0 Å². The number of hydrogen-bond acceptors (Lipinski definition) is 2. The summed E-state index contributed by atoms with van der Waals surface area (Å²) >= 11 is 0. The lowest BCUT2D eigenvalue weighted by Crippen LogP contribution is -1.90. The van der Waals surface area contributed by atoms with Gasteiger partial charge >= 0.3 is 0 Å². The van der Waals surface area contributed by atoms with Gasteiger partial charge < -0.3 is 10.2 Å². The molecule has 0 fully saturated rings. The van der Waals surface area contributed by atoms with Crippen LogP contribution in [0.1, 0.15) is 18.4 Å². The van der Waals surface area contributed by atoms with Gasteiger partial charge in [-0.2, -0.15) is 0 Å². The predicted molar refractivity (Wildman–Crippen MR) is 57.8 cm³/mol. The van der Waals surface area contributed by atoms with E-state index in [9.17, 15) is 0 Å². The molecular weight excluding hydrogens is 176 g/mol. The molecule has 0 aliphatic heterocycles. The second-order valence-electron chi connectivity index (χ2n) is 3.08. The third kappa shape index (κ3) is 3.32. The molecule has 76 valence electrons. The van der Waals surface area contributed by atoms with Crippen molar-refractivity contribution in [1.82, 2.24) is 0 Å². The number of aliphatic hydroxyl groups is 2. The molecule has 0 heterocycles. The molecule has 0 aliphatic carbocycles. The second-order valence-corrected chi connectivity index (χ2v) is 3.08. The van der Waals surface area contributed by atoms with Crippen LogP contribution < -0.4 is 0 Å². The van der Waals surface area contributed by atoms with Crippen molar-refractivity contribution in [2.75, 3.05) is 13.2 Å². The van der Waals surface area contributed by atoms with Gasteiger partial charge in [-0.1, -0.05) is 36.4 Å². The summed E-state index contributed by atoms with van der Waals surface area (Å²) in [4.78, 5) is 0. The molecule has 1 rings (SSSR count). The Hall–Kier alpha value is -1.12. The molecule has 1 aromatic rings. The topological polar surface area (TPSA) is 40.5 Å². The third-order valence-electron chi connectivity index (χ3n) is 2.05. The highest BCUT2D eigenvalue weighted by molar-refractivity contribution is 5.65. The molecule has 0 amide bonds. The summed E-state index contributed by atoms with van der Waals surface area (Å²) in [6.45, 7) is 0.300. The first-order valence-electron chi connectivity index (χ1n) is 4.84. The number of aliphatic hydroxyl groups excluding tert-OH is 2. The van der Waals surface area contributed by atoms with E-state index in [2.05, 4.69) is 0 Å². The molecule has 0 saturated heterocycles. The Morgan fingerprint density at radius 1 is 1.07 bits per heavy atom. The van der Waals surface area contributed by atoms with Crippen LogP contribution in [0.3, 0.4) is 0 Å². The van der Waals surface area contributed by atoms with Crippen LogP contribution in [0.5, 0.6) is 0 Å². The zero-order valence-electron chi connectivity index (χ0n) is 8.19. The Morgan fingerprint density at radius 2 is 1.79 bits per heavy atom. The lowest BCUT2D eigenvalue weighted by atomic mass is 10.0. The van der Waals surface area contributed by atoms with Crippen molar-refractivity contribution in [2.24, 2.45) is 0 Å². The van der Waals surface area contributed by atoms with Crippen molar-refractivity contribution in [3.8, 4) is 0 Å². The van der Waals surface area contributed by atoms with Crippen molar-refractivity contribution >= 4 is 5.57 Å². The van der Waals surface area contributed by atoms with E-state index >= 15 is 0 Å². The molecule has 0 radical (unpaired) electrons. The summed E-state index contributed by atoms with van der Waals surface area (Å²) in [7, 11) is 0. The van der Waals surface area contributed by atoms with Gasteiger partial charge in [0.1, 0.15) is 0 Å². The molecule has 0 aromatic heterocycles. The van der Waals surface area contributed by atoms with Crippen LogP contribution >= 0.6 is 0 Å². The minimum atomic E-state index is 0.145. The summed E-state index contributed by atoms with van der Waals surface area (Å²) in [6.07, 6.45) is 3.26. The third-order valence-corrected chi connectivity index (χ3v) is 2.05. The molecule has 2 nitrogen and oxygen atoms in total. The second kappa shape index (κ2) is 6.35. The normalized spacial score (nSPS) is 11.7. The quantitative estimate of drug-likeness (QED) is 0.747. The number of rotatable bonds is 5. The predicted octanol–water partition coefficient (Wildman–Crippen LogP) is 1.83. The van der Waals surface area contributed by atoms with Gasteiger partial charge in [-0.05, 0) is 24.0 Å². The highest BCUT2D eigenvalue weighted by Crippen LogP contribution is 2.17. The molecular formula is C12H16O2. The van der Waals surface area contributed by atoms with E-state index < -0.39 is 0 Å². The minimum Gasteiger partial charge on any atom is -0.396 e. The first-order chi connectivity index (χ1) is 6.88. The monoisotopic (exact) mass is 192 g/mol. The molecule has 0 spiro atoms. The van der Waals surface area contributed by atoms with Crippen molar-refractivity contribution in [2.45, 2.75) is 12.8 Å². The first-order valence-corrected chi connectivity index (χ1v) is 4.84. The van der Waals surface area contributed by atoms with Gasteiger partial charge in [0.15, 0.2) is 0 Å². The zero-order chi connectivity index (χ0) is 10.2. The van der Waals surface area contributed by atoms with E-state index in [1.165, 1.54) is 0 Å². The molecule has 0 aliphatic rings. The van der Waals surface area contributed by atoms with Crippen LogP contribution in [0.2, 0.25) is 0 Å². The van der Waals surface area contributed by atoms with Crippen LogP contribution in [0, 0.1) is 0 Å². The standard InChI is InChI=1S/C12H16O2/c13-9-4-7-12(8-10-14)11-5-2-1-3-6-11/h1-3,5-7,13-14H,4,8-10H2/b12-7-. The highest BCUT2D eigenvalue weighted by Gasteiger charge is 1.98. The lowest BCUT2D eigenvalue weighted by Gasteiger charge is -2.05. The zero-order valence-corrected chi connectivity index (χ0v) is 8.19. The van der Waals surface area contributed by atoms with Crippen molar-refractivity contribution < 1.29 is 10.2 Å². The average molecular weight is 192 g/mol. The molecule has 0 saturated carbocycles. The summed E-state index contributed by atoms with van der Waals surface area (Å²) in [5.74, 6) is 0. The Bertz CT molecular complexity index is 278. The van der Waals surface area contributed by atoms with Gasteiger partial charge in [0.05, 0.1) is 0 Å². The number of hydrogen-bond donors (Lipinski definition) is 2. The van der Waals surface area contributed by atoms with Gasteiger partial charge in [-0.15, -0.1) is 0 Å².